The number of anilines is 1. The van der Waals surface area contributed by atoms with Gasteiger partial charge in [-0.1, -0.05) is 29.3 Å². The van der Waals surface area contributed by atoms with Crippen LogP contribution in [0.15, 0.2) is 33.8 Å². The predicted octanol–water partition coefficient (Wildman–Crippen LogP) is 3.46. The van der Waals surface area contributed by atoms with Gasteiger partial charge < -0.3 is 5.32 Å². The van der Waals surface area contributed by atoms with Gasteiger partial charge in [-0.25, -0.2) is 5.43 Å². The quantitative estimate of drug-likeness (QED) is 0.582. The fourth-order valence-electron chi connectivity index (χ4n) is 1.56. The molecule has 1 aromatic carbocycles. The number of carbonyl (C=O) groups excluding carboxylic acids is 2. The normalized spacial score (nSPS) is 11.1. The average molecular weight is 354 g/mol. The second kappa shape index (κ2) is 9.28. The van der Waals surface area contributed by atoms with Gasteiger partial charge in [-0.05, 0) is 37.6 Å². The molecule has 0 saturated heterocycles. The molecule has 6 heteroatoms. The summed E-state index contributed by atoms with van der Waals surface area (Å²) in [5, 5.41) is 6.69. The number of benzene rings is 1. The molecule has 0 radical (unpaired) electrons. The van der Waals surface area contributed by atoms with E-state index in [9.17, 15) is 9.59 Å². The molecule has 0 aliphatic heterocycles. The number of unbranched alkanes of at least 4 members (excludes halogenated alkanes) is 1. The van der Waals surface area contributed by atoms with Gasteiger partial charge in [0.15, 0.2) is 0 Å². The molecule has 0 saturated carbocycles. The second-order valence-corrected chi connectivity index (χ2v) is 5.63. The minimum absolute atomic E-state index is 0.121. The van der Waals surface area contributed by atoms with Crippen molar-refractivity contribution in [2.75, 3.05) is 5.32 Å². The van der Waals surface area contributed by atoms with Crippen molar-refractivity contribution in [2.45, 2.75) is 39.5 Å². The third-order valence-electron chi connectivity index (χ3n) is 2.67. The lowest BCUT2D eigenvalue weighted by Crippen LogP contribution is -2.21. The molecule has 0 spiro atoms. The number of hydrogen-bond donors (Lipinski definition) is 2. The Kier molecular flexibility index (Phi) is 7.68. The Morgan fingerprint density at radius 2 is 1.86 bits per heavy atom. The number of carbonyl (C=O) groups is 2. The number of nitrogens with one attached hydrogen (secondary N) is 2. The molecule has 2 N–H and O–H groups in total. The summed E-state index contributed by atoms with van der Waals surface area (Å²) >= 11 is 3.33. The Morgan fingerprint density at radius 3 is 2.48 bits per heavy atom. The van der Waals surface area contributed by atoms with E-state index < -0.39 is 0 Å². The summed E-state index contributed by atoms with van der Waals surface area (Å²) in [6.07, 6.45) is 2.40. The molecule has 0 unspecified atom stereocenters. The van der Waals surface area contributed by atoms with Gasteiger partial charge in [0.25, 0.3) is 0 Å². The molecular formula is C15H20BrN3O2. The zero-order chi connectivity index (χ0) is 15.7. The highest BCUT2D eigenvalue weighted by molar-refractivity contribution is 9.10. The van der Waals surface area contributed by atoms with E-state index in [1.165, 1.54) is 0 Å². The standard InChI is InChI=1S/C15H20BrN3O2/c1-3-4-5-14(20)19-18-11(2)10-15(21)17-13-8-6-12(16)7-9-13/h6-9H,3-5,10H2,1-2H3,(H,17,21)(H,19,20). The molecule has 21 heavy (non-hydrogen) atoms. The SMILES string of the molecule is CCCCC(=O)NN=C(C)CC(=O)Nc1ccc(Br)cc1. The fraction of sp³-hybridized carbons (Fsp3) is 0.400. The van der Waals surface area contributed by atoms with Crippen LogP contribution in [-0.4, -0.2) is 17.5 Å². The van der Waals surface area contributed by atoms with Crippen LogP contribution in [0.1, 0.15) is 39.5 Å². The van der Waals surface area contributed by atoms with Crippen molar-refractivity contribution >= 4 is 39.1 Å². The Hall–Kier alpha value is -1.69. The molecule has 2 amide bonds. The summed E-state index contributed by atoms with van der Waals surface area (Å²) in [6, 6.07) is 7.32. The molecule has 1 aromatic rings. The van der Waals surface area contributed by atoms with E-state index in [2.05, 4.69) is 31.8 Å². The Bertz CT molecular complexity index is 512. The largest absolute Gasteiger partial charge is 0.326 e. The number of rotatable bonds is 7. The number of hydrogen-bond acceptors (Lipinski definition) is 3. The van der Waals surface area contributed by atoms with Gasteiger partial charge in [-0.3, -0.25) is 9.59 Å². The number of nitrogens with zero attached hydrogens (tertiary/aromatic N) is 1. The van der Waals surface area contributed by atoms with Crippen molar-refractivity contribution in [3.05, 3.63) is 28.7 Å². The van der Waals surface area contributed by atoms with Crippen molar-refractivity contribution in [3.63, 3.8) is 0 Å². The zero-order valence-corrected chi connectivity index (χ0v) is 13.9. The van der Waals surface area contributed by atoms with Gasteiger partial charge in [0.1, 0.15) is 0 Å². The maximum Gasteiger partial charge on any atom is 0.240 e. The van der Waals surface area contributed by atoms with Crippen molar-refractivity contribution in [1.29, 1.82) is 0 Å². The van der Waals surface area contributed by atoms with Crippen LogP contribution in [0, 0.1) is 0 Å². The lowest BCUT2D eigenvalue weighted by atomic mass is 10.2. The summed E-state index contributed by atoms with van der Waals surface area (Å²) in [5.41, 5.74) is 3.75. The minimum atomic E-state index is -0.165. The first kappa shape index (κ1) is 17.4. The lowest BCUT2D eigenvalue weighted by molar-refractivity contribution is -0.121. The smallest absolute Gasteiger partial charge is 0.240 e. The molecule has 1 rings (SSSR count). The Labute approximate surface area is 133 Å². The molecule has 0 heterocycles. The van der Waals surface area contributed by atoms with Crippen LogP contribution in [0.4, 0.5) is 5.69 Å². The van der Waals surface area contributed by atoms with Crippen LogP contribution in [0.5, 0.6) is 0 Å². The zero-order valence-electron chi connectivity index (χ0n) is 12.3. The van der Waals surface area contributed by atoms with E-state index in [-0.39, 0.29) is 18.2 Å². The number of hydrazone groups is 1. The molecule has 0 aromatic heterocycles. The van der Waals surface area contributed by atoms with Crippen molar-refractivity contribution in [3.8, 4) is 0 Å². The molecule has 0 aliphatic rings. The van der Waals surface area contributed by atoms with Crippen LogP contribution >= 0.6 is 15.9 Å². The highest BCUT2D eigenvalue weighted by atomic mass is 79.9. The van der Waals surface area contributed by atoms with E-state index in [4.69, 9.17) is 0 Å². The first-order valence-electron chi connectivity index (χ1n) is 6.88. The molecule has 114 valence electrons. The van der Waals surface area contributed by atoms with Crippen molar-refractivity contribution in [2.24, 2.45) is 5.10 Å². The molecule has 0 atom stereocenters. The minimum Gasteiger partial charge on any atom is -0.326 e. The van der Waals surface area contributed by atoms with Crippen molar-refractivity contribution < 1.29 is 9.59 Å². The van der Waals surface area contributed by atoms with E-state index in [0.29, 0.717) is 12.1 Å². The van der Waals surface area contributed by atoms with Gasteiger partial charge in [-0.15, -0.1) is 0 Å². The van der Waals surface area contributed by atoms with Gasteiger partial charge in [-0.2, -0.15) is 5.10 Å². The third-order valence-corrected chi connectivity index (χ3v) is 3.20. The van der Waals surface area contributed by atoms with Crippen LogP contribution in [0.3, 0.4) is 0 Å². The van der Waals surface area contributed by atoms with Gasteiger partial charge in [0, 0.05) is 22.3 Å². The molecule has 0 fully saturated rings. The number of halogens is 1. The summed E-state index contributed by atoms with van der Waals surface area (Å²) in [4.78, 5) is 23.2. The van der Waals surface area contributed by atoms with E-state index >= 15 is 0 Å². The lowest BCUT2D eigenvalue weighted by Gasteiger charge is -2.05. The summed E-state index contributed by atoms with van der Waals surface area (Å²) in [6.45, 7) is 3.73. The summed E-state index contributed by atoms with van der Waals surface area (Å²) < 4.78 is 0.952. The van der Waals surface area contributed by atoms with Gasteiger partial charge >= 0.3 is 0 Å². The van der Waals surface area contributed by atoms with E-state index in [0.717, 1.165) is 23.0 Å². The maximum atomic E-state index is 11.8. The Morgan fingerprint density at radius 1 is 1.19 bits per heavy atom. The van der Waals surface area contributed by atoms with Crippen LogP contribution in [0.25, 0.3) is 0 Å². The maximum absolute atomic E-state index is 11.8. The Balaban J connectivity index is 2.39. The third kappa shape index (κ3) is 7.60. The van der Waals surface area contributed by atoms with Crippen LogP contribution in [-0.2, 0) is 9.59 Å². The van der Waals surface area contributed by atoms with Gasteiger partial charge in [0.2, 0.25) is 11.8 Å². The highest BCUT2D eigenvalue weighted by Crippen LogP contribution is 2.14. The molecule has 5 nitrogen and oxygen atoms in total. The monoisotopic (exact) mass is 353 g/mol. The fourth-order valence-corrected chi connectivity index (χ4v) is 1.83. The van der Waals surface area contributed by atoms with Crippen LogP contribution in [0.2, 0.25) is 0 Å². The number of amides is 2. The second-order valence-electron chi connectivity index (χ2n) is 4.72. The van der Waals surface area contributed by atoms with Crippen LogP contribution < -0.4 is 10.7 Å². The first-order valence-corrected chi connectivity index (χ1v) is 7.68. The predicted molar refractivity (Wildman–Crippen MR) is 88.2 cm³/mol. The molecular weight excluding hydrogens is 334 g/mol. The highest BCUT2D eigenvalue weighted by Gasteiger charge is 2.05. The molecule has 0 aliphatic carbocycles. The molecule has 0 bridgehead atoms. The summed E-state index contributed by atoms with van der Waals surface area (Å²) in [5.74, 6) is -0.286. The average Bonchev–Trinajstić information content (AvgIpc) is 2.45. The van der Waals surface area contributed by atoms with E-state index in [1.807, 2.05) is 19.1 Å². The first-order chi connectivity index (χ1) is 10.0. The topological polar surface area (TPSA) is 70.6 Å². The van der Waals surface area contributed by atoms with E-state index in [1.54, 1.807) is 19.1 Å². The summed E-state index contributed by atoms with van der Waals surface area (Å²) in [7, 11) is 0. The van der Waals surface area contributed by atoms with Gasteiger partial charge in [0.05, 0.1) is 6.42 Å². The van der Waals surface area contributed by atoms with Crippen molar-refractivity contribution in [1.82, 2.24) is 5.43 Å².